The van der Waals surface area contributed by atoms with Crippen molar-refractivity contribution in [2.75, 3.05) is 13.1 Å². The number of nitrogens with two attached hydrogens (primary N) is 1. The molecule has 0 radical (unpaired) electrons. The summed E-state index contributed by atoms with van der Waals surface area (Å²) < 4.78 is 51.1. The molecule has 0 aliphatic heterocycles. The van der Waals surface area contributed by atoms with Crippen LogP contribution in [-0.4, -0.2) is 13.1 Å². The molecule has 106 valence electrons. The summed E-state index contributed by atoms with van der Waals surface area (Å²) in [7, 11) is 0. The van der Waals surface area contributed by atoms with E-state index in [1.165, 1.54) is 6.07 Å². The van der Waals surface area contributed by atoms with Crippen LogP contribution in [0.2, 0.25) is 0 Å². The Balaban J connectivity index is 2.17. The van der Waals surface area contributed by atoms with Crippen molar-refractivity contribution in [3.63, 3.8) is 0 Å². The highest BCUT2D eigenvalue weighted by molar-refractivity contribution is 5.29. The van der Waals surface area contributed by atoms with E-state index in [9.17, 15) is 17.6 Å². The molecular formula is C13H16F4N2. The van der Waals surface area contributed by atoms with Crippen molar-refractivity contribution in [1.29, 1.82) is 0 Å². The van der Waals surface area contributed by atoms with E-state index in [-0.39, 0.29) is 12.6 Å². The molecule has 0 amide bonds. The second kappa shape index (κ2) is 5.46. The predicted molar refractivity (Wildman–Crippen MR) is 63.9 cm³/mol. The van der Waals surface area contributed by atoms with Crippen LogP contribution < -0.4 is 11.1 Å². The zero-order valence-corrected chi connectivity index (χ0v) is 10.3. The Bertz CT molecular complexity index is 441. The van der Waals surface area contributed by atoms with Crippen molar-refractivity contribution in [3.8, 4) is 0 Å². The third-order valence-electron chi connectivity index (χ3n) is 3.28. The van der Waals surface area contributed by atoms with Gasteiger partial charge in [0.1, 0.15) is 5.82 Å². The molecule has 1 aliphatic carbocycles. The maximum absolute atomic E-state index is 13.2. The molecule has 0 spiro atoms. The normalized spacial score (nSPS) is 17.5. The summed E-state index contributed by atoms with van der Waals surface area (Å²) in [5, 5.41) is 3.13. The lowest BCUT2D eigenvalue weighted by molar-refractivity contribution is -0.140. The zero-order chi connectivity index (χ0) is 14.0. The van der Waals surface area contributed by atoms with Crippen LogP contribution in [0.1, 0.15) is 30.0 Å². The molecule has 1 aromatic rings. The number of halogens is 4. The van der Waals surface area contributed by atoms with E-state index in [1.807, 2.05) is 0 Å². The molecule has 6 heteroatoms. The lowest BCUT2D eigenvalue weighted by Gasteiger charge is -2.19. The van der Waals surface area contributed by atoms with Crippen LogP contribution in [-0.2, 0) is 6.18 Å². The number of nitrogens with one attached hydrogen (secondary N) is 1. The van der Waals surface area contributed by atoms with Crippen molar-refractivity contribution in [2.45, 2.75) is 25.1 Å². The summed E-state index contributed by atoms with van der Waals surface area (Å²) >= 11 is 0. The van der Waals surface area contributed by atoms with Gasteiger partial charge in [0.25, 0.3) is 0 Å². The van der Waals surface area contributed by atoms with Gasteiger partial charge in [-0.15, -0.1) is 0 Å². The van der Waals surface area contributed by atoms with Crippen molar-refractivity contribution in [1.82, 2.24) is 5.32 Å². The van der Waals surface area contributed by atoms with Gasteiger partial charge in [0.15, 0.2) is 0 Å². The number of hydrogen-bond donors (Lipinski definition) is 2. The standard InChI is InChI=1S/C13H16F4N2/c14-11-4-3-9(5-10(11)13(15,16)17)12(6-18)19-7-8-1-2-8/h3-5,8,12,19H,1-2,6-7,18H2. The molecule has 1 fully saturated rings. The minimum atomic E-state index is -4.68. The quantitative estimate of drug-likeness (QED) is 0.812. The van der Waals surface area contributed by atoms with Crippen LogP contribution in [0.25, 0.3) is 0 Å². The fraction of sp³-hybridized carbons (Fsp3) is 0.538. The molecule has 1 saturated carbocycles. The Morgan fingerprint density at radius 1 is 1.32 bits per heavy atom. The third kappa shape index (κ3) is 3.67. The minimum Gasteiger partial charge on any atom is -0.329 e. The van der Waals surface area contributed by atoms with E-state index in [0.717, 1.165) is 31.5 Å². The van der Waals surface area contributed by atoms with E-state index in [2.05, 4.69) is 5.32 Å². The number of rotatable bonds is 5. The molecule has 0 saturated heterocycles. The highest BCUT2D eigenvalue weighted by atomic mass is 19.4. The van der Waals surface area contributed by atoms with Gasteiger partial charge < -0.3 is 11.1 Å². The highest BCUT2D eigenvalue weighted by Gasteiger charge is 2.34. The van der Waals surface area contributed by atoms with Crippen LogP contribution >= 0.6 is 0 Å². The summed E-state index contributed by atoms with van der Waals surface area (Å²) in [6, 6.07) is 2.66. The van der Waals surface area contributed by atoms with Gasteiger partial charge in [-0.05, 0) is 43.0 Å². The first kappa shape index (κ1) is 14.3. The average molecular weight is 276 g/mol. The van der Waals surface area contributed by atoms with Gasteiger partial charge in [-0.25, -0.2) is 4.39 Å². The minimum absolute atomic E-state index is 0.176. The summed E-state index contributed by atoms with van der Waals surface area (Å²) in [6.07, 6.45) is -2.40. The number of alkyl halides is 3. The van der Waals surface area contributed by atoms with Gasteiger partial charge in [-0.1, -0.05) is 6.07 Å². The first-order valence-corrected chi connectivity index (χ1v) is 6.22. The van der Waals surface area contributed by atoms with E-state index >= 15 is 0 Å². The Morgan fingerprint density at radius 3 is 2.53 bits per heavy atom. The second-order valence-corrected chi connectivity index (χ2v) is 4.88. The maximum atomic E-state index is 13.2. The smallest absolute Gasteiger partial charge is 0.329 e. The largest absolute Gasteiger partial charge is 0.419 e. The van der Waals surface area contributed by atoms with Crippen molar-refractivity contribution < 1.29 is 17.6 Å². The molecule has 0 aromatic heterocycles. The first-order chi connectivity index (χ1) is 8.91. The average Bonchev–Trinajstić information content (AvgIpc) is 3.14. The van der Waals surface area contributed by atoms with Gasteiger partial charge in [-0.2, -0.15) is 13.2 Å². The van der Waals surface area contributed by atoms with Gasteiger partial charge in [-0.3, -0.25) is 0 Å². The SMILES string of the molecule is NCC(NCC1CC1)c1ccc(F)c(C(F)(F)F)c1. The molecule has 1 atom stereocenters. The van der Waals surface area contributed by atoms with Gasteiger partial charge in [0.05, 0.1) is 5.56 Å². The second-order valence-electron chi connectivity index (χ2n) is 4.88. The van der Waals surface area contributed by atoms with Gasteiger partial charge in [0, 0.05) is 12.6 Å². The number of hydrogen-bond acceptors (Lipinski definition) is 2. The third-order valence-corrected chi connectivity index (χ3v) is 3.28. The Labute approximate surface area is 109 Å². The van der Waals surface area contributed by atoms with Gasteiger partial charge in [0.2, 0.25) is 0 Å². The molecule has 0 heterocycles. The summed E-state index contributed by atoms with van der Waals surface area (Å²) in [4.78, 5) is 0. The lowest BCUT2D eigenvalue weighted by Crippen LogP contribution is -2.30. The van der Waals surface area contributed by atoms with E-state index in [0.29, 0.717) is 11.5 Å². The molecular weight excluding hydrogens is 260 g/mol. The highest BCUT2D eigenvalue weighted by Crippen LogP contribution is 2.33. The van der Waals surface area contributed by atoms with Gasteiger partial charge >= 0.3 is 6.18 Å². The molecule has 2 nitrogen and oxygen atoms in total. The van der Waals surface area contributed by atoms with E-state index in [1.54, 1.807) is 0 Å². The summed E-state index contributed by atoms with van der Waals surface area (Å²) in [6.45, 7) is 0.913. The first-order valence-electron chi connectivity index (χ1n) is 6.22. The zero-order valence-electron chi connectivity index (χ0n) is 10.3. The summed E-state index contributed by atoms with van der Waals surface area (Å²) in [5.41, 5.74) is 4.70. The molecule has 1 aliphatic rings. The molecule has 0 bridgehead atoms. The van der Waals surface area contributed by atoms with Crippen LogP contribution in [0, 0.1) is 11.7 Å². The Kier molecular flexibility index (Phi) is 4.10. The van der Waals surface area contributed by atoms with Crippen LogP contribution in [0.3, 0.4) is 0 Å². The van der Waals surface area contributed by atoms with Crippen LogP contribution in [0.5, 0.6) is 0 Å². The fourth-order valence-corrected chi connectivity index (χ4v) is 1.95. The topological polar surface area (TPSA) is 38.0 Å². The number of benzene rings is 1. The molecule has 19 heavy (non-hydrogen) atoms. The molecule has 2 rings (SSSR count). The molecule has 1 aromatic carbocycles. The van der Waals surface area contributed by atoms with Crippen molar-refractivity contribution in [2.24, 2.45) is 11.7 Å². The fourth-order valence-electron chi connectivity index (χ4n) is 1.95. The predicted octanol–water partition coefficient (Wildman–Crippen LogP) is 2.84. The Morgan fingerprint density at radius 2 is 2.00 bits per heavy atom. The van der Waals surface area contributed by atoms with Crippen LogP contribution in [0.15, 0.2) is 18.2 Å². The summed E-state index contributed by atoms with van der Waals surface area (Å²) in [5.74, 6) is -0.661. The van der Waals surface area contributed by atoms with Crippen LogP contribution in [0.4, 0.5) is 17.6 Å². The van der Waals surface area contributed by atoms with E-state index < -0.39 is 17.6 Å². The van der Waals surface area contributed by atoms with Crippen molar-refractivity contribution in [3.05, 3.63) is 35.1 Å². The van der Waals surface area contributed by atoms with E-state index in [4.69, 9.17) is 5.73 Å². The molecule has 3 N–H and O–H groups in total. The Hall–Kier alpha value is -1.14. The van der Waals surface area contributed by atoms with Crippen molar-refractivity contribution >= 4 is 0 Å². The molecule has 1 unspecified atom stereocenters. The maximum Gasteiger partial charge on any atom is 0.419 e. The monoisotopic (exact) mass is 276 g/mol. The lowest BCUT2D eigenvalue weighted by atomic mass is 10.0.